The van der Waals surface area contributed by atoms with Crippen molar-refractivity contribution in [2.24, 2.45) is 0 Å². The molecule has 0 saturated heterocycles. The van der Waals surface area contributed by atoms with Crippen molar-refractivity contribution in [3.63, 3.8) is 0 Å². The van der Waals surface area contributed by atoms with Crippen molar-refractivity contribution in [3.8, 4) is 0 Å². The SMILES string of the molecule is O=c1c2c(ncn1CCn1nc3ccccn3c1=O)CCC2. The summed E-state index contributed by atoms with van der Waals surface area (Å²) in [6.45, 7) is 0.740. The molecule has 0 saturated carbocycles. The molecular weight excluding hydrogens is 282 g/mol. The average molecular weight is 297 g/mol. The zero-order chi connectivity index (χ0) is 15.1. The van der Waals surface area contributed by atoms with Crippen LogP contribution in [-0.4, -0.2) is 23.7 Å². The van der Waals surface area contributed by atoms with Gasteiger partial charge in [0, 0.05) is 18.3 Å². The Morgan fingerprint density at radius 1 is 1.14 bits per heavy atom. The lowest BCUT2D eigenvalue weighted by Crippen LogP contribution is -2.29. The van der Waals surface area contributed by atoms with Crippen LogP contribution < -0.4 is 11.2 Å². The topological polar surface area (TPSA) is 74.2 Å². The molecular formula is C15H15N5O2. The van der Waals surface area contributed by atoms with Crippen molar-refractivity contribution in [2.45, 2.75) is 32.4 Å². The Hall–Kier alpha value is -2.70. The standard InChI is InChI=1S/C15H15N5O2/c21-14-11-4-3-5-12(11)16-10-18(14)8-9-20-15(22)19-7-2-1-6-13(19)17-20/h1-2,6-7,10H,3-5,8-9H2. The number of pyridine rings is 1. The molecule has 7 heteroatoms. The van der Waals surface area contributed by atoms with Gasteiger partial charge in [-0.1, -0.05) is 6.07 Å². The van der Waals surface area contributed by atoms with Crippen LogP contribution in [0.3, 0.4) is 0 Å². The van der Waals surface area contributed by atoms with Gasteiger partial charge in [0.2, 0.25) is 0 Å². The van der Waals surface area contributed by atoms with Gasteiger partial charge in [0.15, 0.2) is 5.65 Å². The quantitative estimate of drug-likeness (QED) is 0.694. The second kappa shape index (κ2) is 4.94. The first kappa shape index (κ1) is 13.0. The summed E-state index contributed by atoms with van der Waals surface area (Å²) in [5.74, 6) is 0. The van der Waals surface area contributed by atoms with E-state index in [0.717, 1.165) is 30.5 Å². The van der Waals surface area contributed by atoms with E-state index in [0.29, 0.717) is 18.7 Å². The Labute approximate surface area is 125 Å². The molecule has 0 spiro atoms. The van der Waals surface area contributed by atoms with Crippen LogP contribution in [0.1, 0.15) is 17.7 Å². The first-order valence-electron chi connectivity index (χ1n) is 7.35. The Morgan fingerprint density at radius 2 is 2.05 bits per heavy atom. The molecule has 112 valence electrons. The normalized spacial score (nSPS) is 13.6. The molecule has 1 aliphatic rings. The van der Waals surface area contributed by atoms with Crippen LogP contribution in [0.5, 0.6) is 0 Å². The Balaban J connectivity index is 1.64. The van der Waals surface area contributed by atoms with E-state index < -0.39 is 0 Å². The van der Waals surface area contributed by atoms with Crippen LogP contribution >= 0.6 is 0 Å². The molecule has 3 aromatic heterocycles. The van der Waals surface area contributed by atoms with E-state index in [2.05, 4.69) is 10.1 Å². The number of rotatable bonds is 3. The molecule has 0 radical (unpaired) electrons. The summed E-state index contributed by atoms with van der Waals surface area (Å²) in [7, 11) is 0. The van der Waals surface area contributed by atoms with E-state index in [4.69, 9.17) is 0 Å². The molecule has 0 N–H and O–H groups in total. The van der Waals surface area contributed by atoms with Crippen molar-refractivity contribution >= 4 is 5.65 Å². The zero-order valence-electron chi connectivity index (χ0n) is 12.0. The number of fused-ring (bicyclic) bond motifs is 2. The number of nitrogens with zero attached hydrogens (tertiary/aromatic N) is 5. The molecule has 0 atom stereocenters. The van der Waals surface area contributed by atoms with Crippen molar-refractivity contribution < 1.29 is 0 Å². The fourth-order valence-electron chi connectivity index (χ4n) is 2.94. The second-order valence-corrected chi connectivity index (χ2v) is 5.46. The minimum atomic E-state index is -0.197. The number of hydrogen-bond donors (Lipinski definition) is 0. The van der Waals surface area contributed by atoms with Gasteiger partial charge in [-0.2, -0.15) is 0 Å². The predicted octanol–water partition coefficient (Wildman–Crippen LogP) is 0.242. The minimum Gasteiger partial charge on any atom is -0.297 e. The lowest BCUT2D eigenvalue weighted by atomic mass is 10.2. The molecule has 7 nitrogen and oxygen atoms in total. The van der Waals surface area contributed by atoms with Crippen LogP contribution in [0.4, 0.5) is 0 Å². The van der Waals surface area contributed by atoms with Gasteiger partial charge in [0.1, 0.15) is 0 Å². The Morgan fingerprint density at radius 3 is 2.91 bits per heavy atom. The predicted molar refractivity (Wildman–Crippen MR) is 80.0 cm³/mol. The van der Waals surface area contributed by atoms with Crippen LogP contribution in [0.15, 0.2) is 40.3 Å². The van der Waals surface area contributed by atoms with Crippen molar-refractivity contribution in [1.29, 1.82) is 0 Å². The molecule has 1 aliphatic carbocycles. The smallest absolute Gasteiger partial charge is 0.297 e. The van der Waals surface area contributed by atoms with Gasteiger partial charge < -0.3 is 0 Å². The summed E-state index contributed by atoms with van der Waals surface area (Å²) in [4.78, 5) is 28.9. The van der Waals surface area contributed by atoms with Gasteiger partial charge in [-0.3, -0.25) is 13.8 Å². The third kappa shape index (κ3) is 1.97. The summed E-state index contributed by atoms with van der Waals surface area (Å²) in [6, 6.07) is 5.40. The maximum Gasteiger partial charge on any atom is 0.350 e. The summed E-state index contributed by atoms with van der Waals surface area (Å²) in [5, 5.41) is 4.26. The van der Waals surface area contributed by atoms with Crippen LogP contribution in [0.25, 0.3) is 5.65 Å². The number of hydrogen-bond acceptors (Lipinski definition) is 4. The van der Waals surface area contributed by atoms with Crippen molar-refractivity contribution in [1.82, 2.24) is 23.7 Å². The largest absolute Gasteiger partial charge is 0.350 e. The van der Waals surface area contributed by atoms with Gasteiger partial charge in [0.05, 0.1) is 18.6 Å². The third-order valence-electron chi connectivity index (χ3n) is 4.10. The highest BCUT2D eigenvalue weighted by atomic mass is 16.2. The fraction of sp³-hybridized carbons (Fsp3) is 0.333. The number of aryl methyl sites for hydroxylation is 3. The summed E-state index contributed by atoms with van der Waals surface area (Å²) in [6.07, 6.45) is 5.94. The molecule has 0 aliphatic heterocycles. The van der Waals surface area contributed by atoms with E-state index in [-0.39, 0.29) is 11.2 Å². The second-order valence-electron chi connectivity index (χ2n) is 5.46. The average Bonchev–Trinajstić information content (AvgIpc) is 3.13. The summed E-state index contributed by atoms with van der Waals surface area (Å²) >= 11 is 0. The highest BCUT2D eigenvalue weighted by Crippen LogP contribution is 2.14. The molecule has 0 unspecified atom stereocenters. The lowest BCUT2D eigenvalue weighted by molar-refractivity contribution is 0.504. The first-order valence-corrected chi connectivity index (χ1v) is 7.35. The molecule has 22 heavy (non-hydrogen) atoms. The molecule has 3 heterocycles. The lowest BCUT2D eigenvalue weighted by Gasteiger charge is -2.06. The van der Waals surface area contributed by atoms with E-state index in [9.17, 15) is 9.59 Å². The van der Waals surface area contributed by atoms with Crippen LogP contribution in [-0.2, 0) is 25.9 Å². The maximum absolute atomic E-state index is 12.3. The molecule has 0 fully saturated rings. The van der Waals surface area contributed by atoms with Crippen molar-refractivity contribution in [2.75, 3.05) is 0 Å². The van der Waals surface area contributed by atoms with Crippen molar-refractivity contribution in [3.05, 3.63) is 62.8 Å². The highest BCUT2D eigenvalue weighted by Gasteiger charge is 2.17. The van der Waals surface area contributed by atoms with E-state index in [1.807, 2.05) is 6.07 Å². The monoisotopic (exact) mass is 297 g/mol. The van der Waals surface area contributed by atoms with Gasteiger partial charge in [-0.15, -0.1) is 5.10 Å². The van der Waals surface area contributed by atoms with E-state index >= 15 is 0 Å². The fourth-order valence-corrected chi connectivity index (χ4v) is 2.94. The molecule has 3 aromatic rings. The first-order chi connectivity index (χ1) is 10.7. The van der Waals surface area contributed by atoms with E-state index in [1.165, 1.54) is 9.08 Å². The van der Waals surface area contributed by atoms with Gasteiger partial charge in [-0.05, 0) is 31.4 Å². The summed E-state index contributed by atoms with van der Waals surface area (Å²) in [5.41, 5.74) is 2.17. The van der Waals surface area contributed by atoms with Gasteiger partial charge in [-0.25, -0.2) is 14.5 Å². The number of aromatic nitrogens is 5. The Bertz CT molecular complexity index is 966. The summed E-state index contributed by atoms with van der Waals surface area (Å²) < 4.78 is 4.44. The van der Waals surface area contributed by atoms with E-state index in [1.54, 1.807) is 29.2 Å². The molecule has 4 rings (SSSR count). The molecule has 0 aromatic carbocycles. The highest BCUT2D eigenvalue weighted by molar-refractivity contribution is 5.35. The van der Waals surface area contributed by atoms with Crippen LogP contribution in [0, 0.1) is 0 Å². The third-order valence-corrected chi connectivity index (χ3v) is 4.10. The molecule has 0 bridgehead atoms. The zero-order valence-corrected chi connectivity index (χ0v) is 12.0. The maximum atomic E-state index is 12.3. The van der Waals surface area contributed by atoms with Crippen LogP contribution in [0.2, 0.25) is 0 Å². The van der Waals surface area contributed by atoms with Gasteiger partial charge in [0.25, 0.3) is 5.56 Å². The minimum absolute atomic E-state index is 0.0133. The van der Waals surface area contributed by atoms with Gasteiger partial charge >= 0.3 is 5.69 Å². The molecule has 0 amide bonds. The Kier molecular flexibility index (Phi) is 2.92.